The summed E-state index contributed by atoms with van der Waals surface area (Å²) in [5, 5.41) is 2.85. The van der Waals surface area contributed by atoms with Gasteiger partial charge < -0.3 is 19.5 Å². The fraction of sp³-hybridized carbons (Fsp3) is 0.242. The van der Waals surface area contributed by atoms with Crippen LogP contribution in [0.1, 0.15) is 31.9 Å². The number of carbonyl (C=O) groups is 3. The van der Waals surface area contributed by atoms with Gasteiger partial charge in [-0.15, -0.1) is 0 Å². The fourth-order valence-electron chi connectivity index (χ4n) is 4.47. The number of nitrogens with zero attached hydrogens (tertiary/aromatic N) is 1. The highest BCUT2D eigenvalue weighted by Gasteiger charge is 2.38. The van der Waals surface area contributed by atoms with Crippen LogP contribution in [0.15, 0.2) is 95.7 Å². The molecule has 0 saturated heterocycles. The maximum absolute atomic E-state index is 13.6. The van der Waals surface area contributed by atoms with Gasteiger partial charge in [0.1, 0.15) is 11.5 Å². The third-order valence-electron chi connectivity index (χ3n) is 6.43. The van der Waals surface area contributed by atoms with Crippen molar-refractivity contribution in [2.45, 2.75) is 27.2 Å². The molecule has 0 saturated carbocycles. The van der Waals surface area contributed by atoms with E-state index in [0.29, 0.717) is 41.6 Å². The van der Waals surface area contributed by atoms with Gasteiger partial charge in [-0.3, -0.25) is 14.5 Å². The summed E-state index contributed by atoms with van der Waals surface area (Å²) in [5.41, 5.74) is 3.41. The average molecular weight is 555 g/mol. The second kappa shape index (κ2) is 14.0. The minimum Gasteiger partial charge on any atom is -0.494 e. The first-order valence-corrected chi connectivity index (χ1v) is 13.6. The smallest absolute Gasteiger partial charge is 0.340 e. The molecule has 1 N–H and O–H groups in total. The van der Waals surface area contributed by atoms with Crippen LogP contribution in [0.4, 0.5) is 5.69 Å². The van der Waals surface area contributed by atoms with E-state index in [-0.39, 0.29) is 36.2 Å². The molecule has 2 amide bonds. The maximum atomic E-state index is 13.6. The van der Waals surface area contributed by atoms with Gasteiger partial charge in [0.05, 0.1) is 24.4 Å². The Morgan fingerprint density at radius 1 is 0.854 bits per heavy atom. The summed E-state index contributed by atoms with van der Waals surface area (Å²) in [6.45, 7) is 6.48. The summed E-state index contributed by atoms with van der Waals surface area (Å²) >= 11 is 0. The van der Waals surface area contributed by atoms with Gasteiger partial charge >= 0.3 is 5.97 Å². The second-order valence-electron chi connectivity index (χ2n) is 9.25. The molecule has 0 fully saturated rings. The summed E-state index contributed by atoms with van der Waals surface area (Å²) in [7, 11) is 0. The van der Waals surface area contributed by atoms with E-state index < -0.39 is 5.97 Å². The number of allylic oxidation sites excluding steroid dienone is 1. The van der Waals surface area contributed by atoms with Crippen LogP contribution in [-0.2, 0) is 25.5 Å². The van der Waals surface area contributed by atoms with Crippen molar-refractivity contribution in [3.63, 3.8) is 0 Å². The van der Waals surface area contributed by atoms with E-state index in [1.54, 1.807) is 68.5 Å². The largest absolute Gasteiger partial charge is 0.494 e. The number of amides is 2. The number of hydrogen-bond donors (Lipinski definition) is 1. The zero-order valence-corrected chi connectivity index (χ0v) is 23.5. The van der Waals surface area contributed by atoms with E-state index in [0.717, 1.165) is 12.0 Å². The minimum atomic E-state index is -0.559. The molecule has 0 spiro atoms. The molecule has 1 aliphatic heterocycles. The zero-order chi connectivity index (χ0) is 29.2. The summed E-state index contributed by atoms with van der Waals surface area (Å²) in [5.74, 6) is 0.102. The molecule has 0 radical (unpaired) electrons. The molecule has 0 aromatic heterocycles. The standard InChI is InChI=1S/C33H34N2O6/c1-4-39-27-17-13-26(14-18-27)35-23(3)31(33(38)40-5-2)29(32(35)37)21-25-11-15-28(16-12-25)41-22-30(36)34-20-19-24-9-7-6-8-10-24/h6-18,21H,4-5,19-20,22H2,1-3H3,(H,34,36)/b29-21-. The summed E-state index contributed by atoms with van der Waals surface area (Å²) < 4.78 is 16.4. The Bertz CT molecular complexity index is 1430. The van der Waals surface area contributed by atoms with Gasteiger partial charge in [0.2, 0.25) is 0 Å². The van der Waals surface area contributed by atoms with Gasteiger partial charge in [-0.2, -0.15) is 0 Å². The van der Waals surface area contributed by atoms with E-state index in [4.69, 9.17) is 14.2 Å². The van der Waals surface area contributed by atoms with Crippen molar-refractivity contribution >= 4 is 29.5 Å². The highest BCUT2D eigenvalue weighted by Crippen LogP contribution is 2.36. The van der Waals surface area contributed by atoms with Gasteiger partial charge in [-0.1, -0.05) is 42.5 Å². The first-order chi connectivity index (χ1) is 19.9. The van der Waals surface area contributed by atoms with Crippen LogP contribution in [0.5, 0.6) is 11.5 Å². The fourth-order valence-corrected chi connectivity index (χ4v) is 4.47. The molecule has 8 heteroatoms. The van der Waals surface area contributed by atoms with E-state index in [9.17, 15) is 14.4 Å². The van der Waals surface area contributed by atoms with Crippen LogP contribution in [0.25, 0.3) is 6.08 Å². The lowest BCUT2D eigenvalue weighted by Crippen LogP contribution is -2.30. The number of benzene rings is 3. The van der Waals surface area contributed by atoms with Crippen LogP contribution in [0.3, 0.4) is 0 Å². The molecule has 0 bridgehead atoms. The predicted octanol–water partition coefficient (Wildman–Crippen LogP) is 5.09. The number of anilines is 1. The molecular weight excluding hydrogens is 520 g/mol. The molecule has 41 heavy (non-hydrogen) atoms. The third kappa shape index (κ3) is 7.42. The SMILES string of the molecule is CCOC(=O)C1=C(C)N(c2ccc(OCC)cc2)C(=O)/C1=C\c1ccc(OCC(=O)NCCc2ccccc2)cc1. The lowest BCUT2D eigenvalue weighted by molar-refractivity contribution is -0.138. The van der Waals surface area contributed by atoms with E-state index in [1.165, 1.54) is 4.90 Å². The molecule has 0 atom stereocenters. The monoisotopic (exact) mass is 554 g/mol. The average Bonchev–Trinajstić information content (AvgIpc) is 3.22. The molecular formula is C33H34N2O6. The van der Waals surface area contributed by atoms with Gasteiger partial charge in [0.25, 0.3) is 11.8 Å². The highest BCUT2D eigenvalue weighted by atomic mass is 16.5. The lowest BCUT2D eigenvalue weighted by atomic mass is 10.0. The molecule has 8 nitrogen and oxygen atoms in total. The number of hydrogen-bond acceptors (Lipinski definition) is 6. The van der Waals surface area contributed by atoms with Gasteiger partial charge in [-0.05, 0) is 80.8 Å². The maximum Gasteiger partial charge on any atom is 0.340 e. The Balaban J connectivity index is 1.44. The predicted molar refractivity (Wildman–Crippen MR) is 157 cm³/mol. The molecule has 1 aliphatic rings. The van der Waals surface area contributed by atoms with Gasteiger partial charge in [0.15, 0.2) is 6.61 Å². The summed E-state index contributed by atoms with van der Waals surface area (Å²) in [4.78, 5) is 40.2. The molecule has 3 aromatic carbocycles. The van der Waals surface area contributed by atoms with Crippen molar-refractivity contribution in [2.24, 2.45) is 0 Å². The topological polar surface area (TPSA) is 94.2 Å². The van der Waals surface area contributed by atoms with Crippen molar-refractivity contribution in [3.8, 4) is 11.5 Å². The number of ether oxygens (including phenoxy) is 3. The Kier molecular flexibility index (Phi) is 9.94. The van der Waals surface area contributed by atoms with Crippen LogP contribution < -0.4 is 19.7 Å². The zero-order valence-electron chi connectivity index (χ0n) is 23.5. The van der Waals surface area contributed by atoms with Crippen LogP contribution in [-0.4, -0.2) is 44.1 Å². The number of carbonyl (C=O) groups excluding carboxylic acids is 3. The summed E-state index contributed by atoms with van der Waals surface area (Å²) in [6, 6.07) is 24.0. The second-order valence-corrected chi connectivity index (χ2v) is 9.25. The normalized spacial score (nSPS) is 13.9. The minimum absolute atomic E-state index is 0.111. The van der Waals surface area contributed by atoms with E-state index in [2.05, 4.69) is 5.32 Å². The van der Waals surface area contributed by atoms with Crippen LogP contribution in [0, 0.1) is 0 Å². The third-order valence-corrected chi connectivity index (χ3v) is 6.43. The van der Waals surface area contributed by atoms with Crippen LogP contribution in [0.2, 0.25) is 0 Å². The van der Waals surface area contributed by atoms with E-state index >= 15 is 0 Å². The Morgan fingerprint density at radius 2 is 1.51 bits per heavy atom. The van der Waals surface area contributed by atoms with Crippen molar-refractivity contribution in [2.75, 3.05) is 31.3 Å². The number of rotatable bonds is 12. The van der Waals surface area contributed by atoms with Crippen molar-refractivity contribution in [3.05, 3.63) is 107 Å². The van der Waals surface area contributed by atoms with E-state index in [1.807, 2.05) is 37.3 Å². The Labute approximate surface area is 240 Å². The first kappa shape index (κ1) is 29.1. The number of esters is 1. The van der Waals surface area contributed by atoms with Crippen molar-refractivity contribution < 1.29 is 28.6 Å². The van der Waals surface area contributed by atoms with Crippen molar-refractivity contribution in [1.82, 2.24) is 5.32 Å². The van der Waals surface area contributed by atoms with Gasteiger partial charge in [-0.25, -0.2) is 4.79 Å². The Hall–Kier alpha value is -4.85. The molecule has 4 rings (SSSR count). The summed E-state index contributed by atoms with van der Waals surface area (Å²) in [6.07, 6.45) is 2.40. The van der Waals surface area contributed by atoms with Gasteiger partial charge in [0, 0.05) is 17.9 Å². The van der Waals surface area contributed by atoms with Crippen molar-refractivity contribution in [1.29, 1.82) is 0 Å². The van der Waals surface area contributed by atoms with Crippen LogP contribution >= 0.6 is 0 Å². The number of nitrogens with one attached hydrogen (secondary N) is 1. The molecule has 3 aromatic rings. The Morgan fingerprint density at radius 3 is 2.17 bits per heavy atom. The lowest BCUT2D eigenvalue weighted by Gasteiger charge is -2.18. The first-order valence-electron chi connectivity index (χ1n) is 13.6. The molecule has 0 aliphatic carbocycles. The quantitative estimate of drug-likeness (QED) is 0.248. The molecule has 212 valence electrons. The highest BCUT2D eigenvalue weighted by molar-refractivity contribution is 6.23. The molecule has 1 heterocycles. The molecule has 0 unspecified atom stereocenters.